The van der Waals surface area contributed by atoms with E-state index >= 15 is 0 Å². The number of rotatable bonds is 7. The molecule has 0 aliphatic rings. The van der Waals surface area contributed by atoms with Crippen LogP contribution in [0.5, 0.6) is 5.75 Å². The fraction of sp³-hybridized carbons (Fsp3) is 0.188. The number of sulfonamides is 1. The molecule has 0 aliphatic carbocycles. The van der Waals surface area contributed by atoms with Crippen molar-refractivity contribution in [3.8, 4) is 5.75 Å². The van der Waals surface area contributed by atoms with Crippen molar-refractivity contribution in [2.45, 2.75) is 4.90 Å². The molecular weight excluding hydrogens is 398 g/mol. The Balaban J connectivity index is 2.13. The molecule has 0 fully saturated rings. The summed E-state index contributed by atoms with van der Waals surface area (Å²) in [6.45, 7) is -0.481. The van der Waals surface area contributed by atoms with E-state index in [4.69, 9.17) is 16.3 Å². The first-order chi connectivity index (χ1) is 12.6. The van der Waals surface area contributed by atoms with Gasteiger partial charge in [-0.1, -0.05) is 11.6 Å². The van der Waals surface area contributed by atoms with Crippen molar-refractivity contribution < 1.29 is 22.9 Å². The lowest BCUT2D eigenvalue weighted by Crippen LogP contribution is -2.35. The lowest BCUT2D eigenvalue weighted by molar-refractivity contribution is -0.384. The highest BCUT2D eigenvalue weighted by molar-refractivity contribution is 7.89. The van der Waals surface area contributed by atoms with Crippen LogP contribution >= 0.6 is 11.6 Å². The highest BCUT2D eigenvalue weighted by Gasteiger charge is 2.26. The Morgan fingerprint density at radius 1 is 1.26 bits per heavy atom. The zero-order valence-corrected chi connectivity index (χ0v) is 16.0. The van der Waals surface area contributed by atoms with Gasteiger partial charge in [0.15, 0.2) is 0 Å². The number of amides is 1. The number of nitrogens with zero attached hydrogens (tertiary/aromatic N) is 2. The maximum absolute atomic E-state index is 12.6. The Labute approximate surface area is 160 Å². The first-order valence-electron chi connectivity index (χ1n) is 7.49. The number of carbonyl (C=O) groups excluding carboxylic acids is 1. The molecule has 0 saturated carbocycles. The summed E-state index contributed by atoms with van der Waals surface area (Å²) >= 11 is 5.69. The van der Waals surface area contributed by atoms with Crippen molar-refractivity contribution in [3.63, 3.8) is 0 Å². The molecule has 1 amide bonds. The summed E-state index contributed by atoms with van der Waals surface area (Å²) in [5.74, 6) is 0.0340. The zero-order chi connectivity index (χ0) is 20.2. The van der Waals surface area contributed by atoms with Crippen molar-refractivity contribution >= 4 is 38.9 Å². The molecule has 0 radical (unpaired) electrons. The maximum Gasteiger partial charge on any atom is 0.289 e. The van der Waals surface area contributed by atoms with Crippen molar-refractivity contribution in [3.05, 3.63) is 57.6 Å². The third kappa shape index (κ3) is 4.94. The minimum absolute atomic E-state index is 0.182. The van der Waals surface area contributed by atoms with E-state index in [-0.39, 0.29) is 9.92 Å². The smallest absolute Gasteiger partial charge is 0.289 e. The number of hydrogen-bond donors (Lipinski definition) is 1. The topological polar surface area (TPSA) is 119 Å². The van der Waals surface area contributed by atoms with Crippen molar-refractivity contribution in [1.82, 2.24) is 4.31 Å². The molecule has 2 aromatic carbocycles. The number of benzene rings is 2. The van der Waals surface area contributed by atoms with E-state index in [9.17, 15) is 23.3 Å². The third-order valence-electron chi connectivity index (χ3n) is 3.56. The van der Waals surface area contributed by atoms with Crippen molar-refractivity contribution in [1.29, 1.82) is 0 Å². The first kappa shape index (κ1) is 20.6. The molecule has 2 aromatic rings. The minimum Gasteiger partial charge on any atom is -0.497 e. The van der Waals surface area contributed by atoms with Crippen LogP contribution in [-0.4, -0.2) is 44.3 Å². The van der Waals surface area contributed by atoms with Gasteiger partial charge in [0.2, 0.25) is 15.9 Å². The van der Waals surface area contributed by atoms with Gasteiger partial charge in [0, 0.05) is 18.8 Å². The van der Waals surface area contributed by atoms with Crippen molar-refractivity contribution in [2.75, 3.05) is 26.0 Å². The molecule has 0 spiro atoms. The van der Waals surface area contributed by atoms with Gasteiger partial charge in [-0.25, -0.2) is 8.42 Å². The lowest BCUT2D eigenvalue weighted by atomic mass is 10.3. The van der Waals surface area contributed by atoms with Crippen LogP contribution < -0.4 is 10.1 Å². The van der Waals surface area contributed by atoms with Crippen LogP contribution in [0.25, 0.3) is 0 Å². The molecule has 0 heterocycles. The maximum atomic E-state index is 12.6. The Bertz CT molecular complexity index is 963. The summed E-state index contributed by atoms with van der Waals surface area (Å²) in [7, 11) is -1.41. The molecule has 11 heteroatoms. The first-order valence-corrected chi connectivity index (χ1v) is 9.31. The number of halogens is 1. The van der Waals surface area contributed by atoms with Gasteiger partial charge in [-0.05, 0) is 36.4 Å². The van der Waals surface area contributed by atoms with Crippen molar-refractivity contribution in [2.24, 2.45) is 0 Å². The fourth-order valence-electron chi connectivity index (χ4n) is 2.13. The quantitative estimate of drug-likeness (QED) is 0.550. The molecule has 9 nitrogen and oxygen atoms in total. The number of nitro groups is 1. The van der Waals surface area contributed by atoms with Gasteiger partial charge < -0.3 is 10.1 Å². The molecule has 0 aliphatic heterocycles. The van der Waals surface area contributed by atoms with Crippen LogP contribution in [0.15, 0.2) is 47.4 Å². The molecule has 144 valence electrons. The third-order valence-corrected chi connectivity index (χ3v) is 5.68. The molecule has 1 N–H and O–H groups in total. The van der Waals surface area contributed by atoms with Crippen LogP contribution in [0, 0.1) is 10.1 Å². The van der Waals surface area contributed by atoms with E-state index in [0.29, 0.717) is 11.4 Å². The summed E-state index contributed by atoms with van der Waals surface area (Å²) in [5, 5.41) is 13.3. The van der Waals surface area contributed by atoms with Gasteiger partial charge in [0.05, 0.1) is 23.5 Å². The SMILES string of the molecule is COc1ccc(NC(=O)CN(C)S(=O)(=O)c2ccc(Cl)c([N+](=O)[O-])c2)cc1. The van der Waals surface area contributed by atoms with Crippen LogP contribution in [0.1, 0.15) is 0 Å². The largest absolute Gasteiger partial charge is 0.497 e. The number of nitrogens with one attached hydrogen (secondary N) is 1. The second kappa shape index (κ2) is 8.33. The Kier molecular flexibility index (Phi) is 6.37. The Hall–Kier alpha value is -2.69. The molecule has 0 atom stereocenters. The fourth-order valence-corrected chi connectivity index (χ4v) is 3.47. The van der Waals surface area contributed by atoms with E-state index in [1.54, 1.807) is 24.3 Å². The molecule has 0 saturated heterocycles. The van der Waals surface area contributed by atoms with Gasteiger partial charge in [-0.2, -0.15) is 4.31 Å². The summed E-state index contributed by atoms with van der Waals surface area (Å²) in [4.78, 5) is 21.9. The number of nitro benzene ring substituents is 1. The zero-order valence-electron chi connectivity index (χ0n) is 14.4. The van der Waals surface area contributed by atoms with Gasteiger partial charge >= 0.3 is 0 Å². The number of anilines is 1. The molecule has 0 aromatic heterocycles. The van der Waals surface area contributed by atoms with E-state index < -0.39 is 33.1 Å². The second-order valence-corrected chi connectivity index (χ2v) is 7.86. The van der Waals surface area contributed by atoms with E-state index in [2.05, 4.69) is 5.32 Å². The Morgan fingerprint density at radius 2 is 1.89 bits per heavy atom. The molecule has 0 unspecified atom stereocenters. The van der Waals surface area contributed by atoms with Gasteiger partial charge in [-0.3, -0.25) is 14.9 Å². The normalized spacial score (nSPS) is 11.3. The summed E-state index contributed by atoms with van der Waals surface area (Å²) in [5.41, 5.74) is -0.0671. The highest BCUT2D eigenvalue weighted by atomic mass is 35.5. The van der Waals surface area contributed by atoms with Gasteiger partial charge in [-0.15, -0.1) is 0 Å². The highest BCUT2D eigenvalue weighted by Crippen LogP contribution is 2.28. The van der Waals surface area contributed by atoms with Crippen LogP contribution in [-0.2, 0) is 14.8 Å². The predicted octanol–water partition coefficient (Wildman–Crippen LogP) is 2.52. The average molecular weight is 414 g/mol. The molecular formula is C16H16ClN3O6S. The summed E-state index contributed by atoms with van der Waals surface area (Å²) in [6.07, 6.45) is 0. The molecule has 27 heavy (non-hydrogen) atoms. The predicted molar refractivity (Wildman–Crippen MR) is 99.5 cm³/mol. The number of methoxy groups -OCH3 is 1. The van der Waals surface area contributed by atoms with E-state index in [1.807, 2.05) is 0 Å². The number of hydrogen-bond acceptors (Lipinski definition) is 6. The van der Waals surface area contributed by atoms with Crippen LogP contribution in [0.2, 0.25) is 5.02 Å². The number of ether oxygens (including phenoxy) is 1. The van der Waals surface area contributed by atoms with E-state index in [1.165, 1.54) is 14.2 Å². The standard InChI is InChI=1S/C16H16ClN3O6S/c1-19(10-16(21)18-11-3-5-12(26-2)6-4-11)27(24,25)13-7-8-14(17)15(9-13)20(22)23/h3-9H,10H2,1-2H3,(H,18,21). The molecule has 0 bridgehead atoms. The summed E-state index contributed by atoms with van der Waals surface area (Å²) in [6, 6.07) is 9.61. The molecule has 2 rings (SSSR count). The number of likely N-dealkylation sites (N-methyl/N-ethyl adjacent to an activating group) is 1. The Morgan fingerprint density at radius 3 is 2.44 bits per heavy atom. The number of carbonyl (C=O) groups is 1. The second-order valence-electron chi connectivity index (χ2n) is 5.41. The monoisotopic (exact) mass is 413 g/mol. The van der Waals surface area contributed by atoms with Crippen LogP contribution in [0.4, 0.5) is 11.4 Å². The van der Waals surface area contributed by atoms with E-state index in [0.717, 1.165) is 22.5 Å². The minimum atomic E-state index is -4.12. The van der Waals surface area contributed by atoms with Crippen LogP contribution in [0.3, 0.4) is 0 Å². The average Bonchev–Trinajstić information content (AvgIpc) is 2.62. The van der Waals surface area contributed by atoms with Gasteiger partial charge in [0.25, 0.3) is 5.69 Å². The summed E-state index contributed by atoms with van der Waals surface area (Å²) < 4.78 is 30.9. The lowest BCUT2D eigenvalue weighted by Gasteiger charge is -2.17. The van der Waals surface area contributed by atoms with Gasteiger partial charge in [0.1, 0.15) is 10.8 Å².